The Balaban J connectivity index is 3.12. The fraction of sp³-hybridized carbons (Fsp3) is 0.500. The number of halogens is 3. The molecule has 118 valence electrons. The second-order valence-corrected chi connectivity index (χ2v) is 4.73. The Morgan fingerprint density at radius 1 is 1.43 bits per heavy atom. The van der Waals surface area contributed by atoms with Crippen LogP contribution in [0.1, 0.15) is 22.8 Å². The molecule has 1 aromatic rings. The number of methoxy groups -OCH3 is 1. The summed E-state index contributed by atoms with van der Waals surface area (Å²) in [6, 6.07) is 3.26. The van der Waals surface area contributed by atoms with Crippen molar-refractivity contribution < 1.29 is 22.7 Å². The van der Waals surface area contributed by atoms with E-state index in [1.165, 1.54) is 38.2 Å². The second kappa shape index (κ2) is 6.80. The molecular weight excluding hydrogens is 285 g/mol. The molecule has 0 saturated carbocycles. The van der Waals surface area contributed by atoms with Gasteiger partial charge in [0.05, 0.1) is 18.2 Å². The normalized spacial score (nSPS) is 12.9. The van der Waals surface area contributed by atoms with Gasteiger partial charge in [0.25, 0.3) is 5.91 Å². The van der Waals surface area contributed by atoms with Gasteiger partial charge in [0.15, 0.2) is 0 Å². The van der Waals surface area contributed by atoms with Gasteiger partial charge < -0.3 is 15.0 Å². The molecule has 1 atom stereocenters. The van der Waals surface area contributed by atoms with E-state index in [-0.39, 0.29) is 17.3 Å². The monoisotopic (exact) mass is 304 g/mol. The zero-order valence-electron chi connectivity index (χ0n) is 12.4. The number of nitrogens with zero attached hydrogens (tertiary/aromatic N) is 1. The first-order valence-corrected chi connectivity index (χ1v) is 6.37. The Hall–Kier alpha value is -1.76. The third-order valence-electron chi connectivity index (χ3n) is 3.23. The number of hydrogen-bond donors (Lipinski definition) is 1. The van der Waals surface area contributed by atoms with Crippen molar-refractivity contribution in [2.75, 3.05) is 33.1 Å². The van der Waals surface area contributed by atoms with Crippen LogP contribution in [0.4, 0.5) is 18.9 Å². The summed E-state index contributed by atoms with van der Waals surface area (Å²) in [5.41, 5.74) is -0.929. The molecule has 1 amide bonds. The highest BCUT2D eigenvalue weighted by Crippen LogP contribution is 2.35. The summed E-state index contributed by atoms with van der Waals surface area (Å²) in [6.45, 7) is 2.07. The van der Waals surface area contributed by atoms with Gasteiger partial charge >= 0.3 is 6.18 Å². The van der Waals surface area contributed by atoms with E-state index in [0.29, 0.717) is 6.61 Å². The van der Waals surface area contributed by atoms with E-state index in [1.807, 2.05) is 0 Å². The molecule has 1 unspecified atom stereocenters. The molecule has 0 fully saturated rings. The van der Waals surface area contributed by atoms with E-state index < -0.39 is 17.6 Å². The van der Waals surface area contributed by atoms with E-state index in [1.54, 1.807) is 6.92 Å². The molecule has 0 aromatic heterocycles. The summed E-state index contributed by atoms with van der Waals surface area (Å²) >= 11 is 0. The molecule has 0 radical (unpaired) electrons. The highest BCUT2D eigenvalue weighted by molar-refractivity contribution is 5.95. The fourth-order valence-corrected chi connectivity index (χ4v) is 1.89. The lowest BCUT2D eigenvalue weighted by molar-refractivity contribution is -0.137. The predicted octanol–water partition coefficient (Wildman–Crippen LogP) is 2.85. The van der Waals surface area contributed by atoms with Crippen LogP contribution in [0.25, 0.3) is 0 Å². The molecule has 0 saturated heterocycles. The number of anilines is 1. The largest absolute Gasteiger partial charge is 0.418 e. The standard InChI is InChI=1S/C14H19F3N2O2/c1-9(8-21-4)19(3)13(20)10-5-6-12(18-2)11(7-10)14(15,16)17/h5-7,9,18H,8H2,1-4H3. The van der Waals surface area contributed by atoms with Gasteiger partial charge in [-0.3, -0.25) is 4.79 Å². The van der Waals surface area contributed by atoms with E-state index in [2.05, 4.69) is 5.32 Å². The third kappa shape index (κ3) is 4.10. The number of carbonyl (C=O) groups excluding carboxylic acids is 1. The molecule has 4 nitrogen and oxygen atoms in total. The van der Waals surface area contributed by atoms with Crippen LogP contribution in [0, 0.1) is 0 Å². The van der Waals surface area contributed by atoms with Crippen LogP contribution >= 0.6 is 0 Å². The number of rotatable bonds is 5. The Morgan fingerprint density at radius 2 is 2.05 bits per heavy atom. The molecule has 1 N–H and O–H groups in total. The van der Waals surface area contributed by atoms with Gasteiger partial charge in [-0.1, -0.05) is 0 Å². The van der Waals surface area contributed by atoms with E-state index >= 15 is 0 Å². The van der Waals surface area contributed by atoms with Crippen LogP contribution < -0.4 is 5.32 Å². The molecule has 7 heteroatoms. The van der Waals surface area contributed by atoms with Crippen LogP contribution in [-0.2, 0) is 10.9 Å². The van der Waals surface area contributed by atoms with Gasteiger partial charge in [0.1, 0.15) is 0 Å². The van der Waals surface area contributed by atoms with Crippen molar-refractivity contribution in [3.05, 3.63) is 29.3 Å². The summed E-state index contributed by atoms with van der Waals surface area (Å²) in [5.74, 6) is -0.479. The minimum absolute atomic E-state index is 0.00761. The Kier molecular flexibility index (Phi) is 5.60. The summed E-state index contributed by atoms with van der Waals surface area (Å²) in [7, 11) is 4.43. The fourth-order valence-electron chi connectivity index (χ4n) is 1.89. The van der Waals surface area contributed by atoms with Gasteiger partial charge in [-0.15, -0.1) is 0 Å². The highest BCUT2D eigenvalue weighted by Gasteiger charge is 2.34. The molecule has 0 aliphatic heterocycles. The Morgan fingerprint density at radius 3 is 2.52 bits per heavy atom. The summed E-state index contributed by atoms with van der Waals surface area (Å²) in [6.07, 6.45) is -4.52. The Labute approximate surface area is 121 Å². The van der Waals surface area contributed by atoms with Crippen LogP contribution in [-0.4, -0.2) is 44.7 Å². The molecule has 0 heterocycles. The number of nitrogens with one attached hydrogen (secondary N) is 1. The lowest BCUT2D eigenvalue weighted by Gasteiger charge is -2.25. The van der Waals surface area contributed by atoms with Crippen LogP contribution in [0.15, 0.2) is 18.2 Å². The number of ether oxygens (including phenoxy) is 1. The maximum Gasteiger partial charge on any atom is 0.418 e. The lowest BCUT2D eigenvalue weighted by atomic mass is 10.1. The van der Waals surface area contributed by atoms with Crippen molar-refractivity contribution in [2.45, 2.75) is 19.1 Å². The topological polar surface area (TPSA) is 41.6 Å². The van der Waals surface area contributed by atoms with Gasteiger partial charge in [0, 0.05) is 32.5 Å². The van der Waals surface area contributed by atoms with Gasteiger partial charge in [-0.05, 0) is 25.1 Å². The number of carbonyl (C=O) groups is 1. The van der Waals surface area contributed by atoms with Crippen LogP contribution in [0.5, 0.6) is 0 Å². The first-order chi connectivity index (χ1) is 9.72. The van der Waals surface area contributed by atoms with Gasteiger partial charge in [-0.2, -0.15) is 13.2 Å². The number of benzene rings is 1. The predicted molar refractivity (Wildman–Crippen MR) is 74.4 cm³/mol. The molecule has 0 spiro atoms. The van der Waals surface area contributed by atoms with Crippen molar-refractivity contribution in [1.29, 1.82) is 0 Å². The number of hydrogen-bond acceptors (Lipinski definition) is 3. The zero-order chi connectivity index (χ0) is 16.2. The van der Waals surface area contributed by atoms with Crippen molar-refractivity contribution >= 4 is 11.6 Å². The van der Waals surface area contributed by atoms with Crippen LogP contribution in [0.2, 0.25) is 0 Å². The van der Waals surface area contributed by atoms with E-state index in [0.717, 1.165) is 6.07 Å². The molecule has 21 heavy (non-hydrogen) atoms. The van der Waals surface area contributed by atoms with Crippen LogP contribution in [0.3, 0.4) is 0 Å². The number of alkyl halides is 3. The number of likely N-dealkylation sites (N-methyl/N-ethyl adjacent to an activating group) is 1. The Bertz CT molecular complexity index is 503. The van der Waals surface area contributed by atoms with Gasteiger partial charge in [-0.25, -0.2) is 0 Å². The minimum Gasteiger partial charge on any atom is -0.388 e. The molecule has 0 aliphatic carbocycles. The van der Waals surface area contributed by atoms with Crippen molar-refractivity contribution in [3.63, 3.8) is 0 Å². The van der Waals surface area contributed by atoms with Crippen molar-refractivity contribution in [2.24, 2.45) is 0 Å². The zero-order valence-corrected chi connectivity index (χ0v) is 12.4. The van der Waals surface area contributed by atoms with E-state index in [9.17, 15) is 18.0 Å². The van der Waals surface area contributed by atoms with Crippen molar-refractivity contribution in [3.8, 4) is 0 Å². The third-order valence-corrected chi connectivity index (χ3v) is 3.23. The molecule has 0 bridgehead atoms. The van der Waals surface area contributed by atoms with E-state index in [4.69, 9.17) is 4.74 Å². The highest BCUT2D eigenvalue weighted by atomic mass is 19.4. The molecule has 1 rings (SSSR count). The average Bonchev–Trinajstić information content (AvgIpc) is 2.44. The quantitative estimate of drug-likeness (QED) is 0.909. The first-order valence-electron chi connectivity index (χ1n) is 6.37. The SMILES string of the molecule is CNc1ccc(C(=O)N(C)C(C)COC)cc1C(F)(F)F. The maximum atomic E-state index is 13.0. The maximum absolute atomic E-state index is 13.0. The first kappa shape index (κ1) is 17.3. The summed E-state index contributed by atoms with van der Waals surface area (Å²) in [4.78, 5) is 13.6. The number of amides is 1. The molecule has 1 aromatic carbocycles. The molecule has 0 aliphatic rings. The summed E-state index contributed by atoms with van der Waals surface area (Å²) < 4.78 is 43.9. The second-order valence-electron chi connectivity index (χ2n) is 4.73. The smallest absolute Gasteiger partial charge is 0.388 e. The van der Waals surface area contributed by atoms with Crippen molar-refractivity contribution in [1.82, 2.24) is 4.90 Å². The average molecular weight is 304 g/mol. The lowest BCUT2D eigenvalue weighted by Crippen LogP contribution is -2.37. The summed E-state index contributed by atoms with van der Waals surface area (Å²) in [5, 5.41) is 2.48. The molecular formula is C14H19F3N2O2. The van der Waals surface area contributed by atoms with Gasteiger partial charge in [0.2, 0.25) is 0 Å². The minimum atomic E-state index is -4.52.